The number of rotatable bonds is 4. The van der Waals surface area contributed by atoms with Crippen LogP contribution < -0.4 is 0 Å². The Kier molecular flexibility index (Phi) is 3.53. The summed E-state index contributed by atoms with van der Waals surface area (Å²) < 4.78 is 1.95. The van der Waals surface area contributed by atoms with E-state index in [1.165, 1.54) is 0 Å². The number of nitrogens with zero attached hydrogens (tertiary/aromatic N) is 2. The van der Waals surface area contributed by atoms with Gasteiger partial charge in [0.05, 0.1) is 11.8 Å². The van der Waals surface area contributed by atoms with Crippen LogP contribution in [0.5, 0.6) is 0 Å². The van der Waals surface area contributed by atoms with Crippen LogP contribution >= 0.6 is 0 Å². The maximum atomic E-state index is 9.62. The number of para-hydroxylation sites is 1. The van der Waals surface area contributed by atoms with Crippen LogP contribution in [0, 0.1) is 0 Å². The second-order valence-electron chi connectivity index (χ2n) is 5.40. The van der Waals surface area contributed by atoms with E-state index in [4.69, 9.17) is 0 Å². The van der Waals surface area contributed by atoms with Gasteiger partial charge in [0.1, 0.15) is 0 Å². The fourth-order valence-corrected chi connectivity index (χ4v) is 2.43. The summed E-state index contributed by atoms with van der Waals surface area (Å²) in [6.45, 7) is 6.09. The third kappa shape index (κ3) is 2.62. The quantitative estimate of drug-likeness (QED) is 0.898. The van der Waals surface area contributed by atoms with Gasteiger partial charge in [-0.15, -0.1) is 0 Å². The fourth-order valence-electron chi connectivity index (χ4n) is 2.43. The van der Waals surface area contributed by atoms with E-state index in [9.17, 15) is 5.11 Å². The van der Waals surface area contributed by atoms with Gasteiger partial charge in [0.15, 0.2) is 0 Å². The van der Waals surface area contributed by atoms with E-state index in [1.54, 1.807) is 0 Å². The standard InChI is InChI=1S/C15H20N2O/c1-12(18)11-15(2,3)14-9-10-16-17(14)13-7-5-4-6-8-13/h4-10,12,18H,11H2,1-3H3. The number of benzene rings is 1. The van der Waals surface area contributed by atoms with Gasteiger partial charge in [-0.1, -0.05) is 32.0 Å². The first-order chi connectivity index (χ1) is 8.50. The highest BCUT2D eigenvalue weighted by molar-refractivity contribution is 5.34. The highest BCUT2D eigenvalue weighted by Gasteiger charge is 2.26. The number of hydrogen-bond acceptors (Lipinski definition) is 2. The highest BCUT2D eigenvalue weighted by atomic mass is 16.3. The Balaban J connectivity index is 2.39. The van der Waals surface area contributed by atoms with Gasteiger partial charge < -0.3 is 5.11 Å². The van der Waals surface area contributed by atoms with Gasteiger partial charge >= 0.3 is 0 Å². The van der Waals surface area contributed by atoms with Crippen LogP contribution in [0.3, 0.4) is 0 Å². The maximum Gasteiger partial charge on any atom is 0.0649 e. The second kappa shape index (κ2) is 4.94. The zero-order chi connectivity index (χ0) is 13.2. The molecule has 1 aromatic carbocycles. The zero-order valence-electron chi connectivity index (χ0n) is 11.2. The molecule has 0 bridgehead atoms. The molecule has 0 aliphatic heterocycles. The van der Waals surface area contributed by atoms with Gasteiger partial charge in [-0.05, 0) is 31.5 Å². The first-order valence-electron chi connectivity index (χ1n) is 6.29. The van der Waals surface area contributed by atoms with Crippen molar-refractivity contribution >= 4 is 0 Å². The molecule has 96 valence electrons. The summed E-state index contributed by atoms with van der Waals surface area (Å²) in [6, 6.07) is 12.1. The molecule has 1 atom stereocenters. The van der Waals surface area contributed by atoms with Crippen molar-refractivity contribution in [3.05, 3.63) is 48.3 Å². The van der Waals surface area contributed by atoms with E-state index in [1.807, 2.05) is 54.2 Å². The summed E-state index contributed by atoms with van der Waals surface area (Å²) >= 11 is 0. The van der Waals surface area contributed by atoms with Crippen molar-refractivity contribution < 1.29 is 5.11 Å². The number of aliphatic hydroxyl groups excluding tert-OH is 1. The van der Waals surface area contributed by atoms with Crippen LogP contribution in [-0.2, 0) is 5.41 Å². The molecule has 0 saturated carbocycles. The summed E-state index contributed by atoms with van der Waals surface area (Å²) in [4.78, 5) is 0. The van der Waals surface area contributed by atoms with Crippen LogP contribution in [-0.4, -0.2) is 21.0 Å². The molecule has 3 heteroatoms. The summed E-state index contributed by atoms with van der Waals surface area (Å²) in [5.41, 5.74) is 2.06. The Bertz CT molecular complexity index is 500. The van der Waals surface area contributed by atoms with Crippen LogP contribution in [0.2, 0.25) is 0 Å². The van der Waals surface area contributed by atoms with E-state index in [0.717, 1.165) is 11.4 Å². The third-order valence-electron chi connectivity index (χ3n) is 3.14. The Hall–Kier alpha value is -1.61. The number of aromatic nitrogens is 2. The van der Waals surface area contributed by atoms with Gasteiger partial charge in [0.2, 0.25) is 0 Å². The summed E-state index contributed by atoms with van der Waals surface area (Å²) in [5, 5.41) is 14.0. The molecule has 1 aromatic heterocycles. The van der Waals surface area contributed by atoms with Gasteiger partial charge in [-0.25, -0.2) is 4.68 Å². The molecule has 0 saturated heterocycles. The molecule has 0 aliphatic carbocycles. The van der Waals surface area contributed by atoms with Crippen LogP contribution in [0.15, 0.2) is 42.6 Å². The average Bonchev–Trinajstić information content (AvgIpc) is 2.78. The first kappa shape index (κ1) is 12.8. The minimum absolute atomic E-state index is 0.111. The van der Waals surface area contributed by atoms with E-state index >= 15 is 0 Å². The van der Waals surface area contributed by atoms with Crippen molar-refractivity contribution in [3.8, 4) is 5.69 Å². The highest BCUT2D eigenvalue weighted by Crippen LogP contribution is 2.29. The third-order valence-corrected chi connectivity index (χ3v) is 3.14. The molecule has 0 amide bonds. The predicted molar refractivity (Wildman–Crippen MR) is 72.9 cm³/mol. The molecule has 2 rings (SSSR count). The summed E-state index contributed by atoms with van der Waals surface area (Å²) in [7, 11) is 0. The Morgan fingerprint density at radius 2 is 1.89 bits per heavy atom. The molecule has 18 heavy (non-hydrogen) atoms. The lowest BCUT2D eigenvalue weighted by Crippen LogP contribution is -2.26. The molecule has 1 unspecified atom stereocenters. The monoisotopic (exact) mass is 244 g/mol. The number of hydrogen-bond donors (Lipinski definition) is 1. The SMILES string of the molecule is CC(O)CC(C)(C)c1ccnn1-c1ccccc1. The van der Waals surface area contributed by atoms with E-state index < -0.39 is 0 Å². The Morgan fingerprint density at radius 3 is 2.50 bits per heavy atom. The van der Waals surface area contributed by atoms with Crippen molar-refractivity contribution in [1.29, 1.82) is 0 Å². The zero-order valence-corrected chi connectivity index (χ0v) is 11.2. The Morgan fingerprint density at radius 1 is 1.22 bits per heavy atom. The van der Waals surface area contributed by atoms with E-state index in [0.29, 0.717) is 6.42 Å². The molecule has 3 nitrogen and oxygen atoms in total. The van der Waals surface area contributed by atoms with Crippen molar-refractivity contribution in [1.82, 2.24) is 9.78 Å². The van der Waals surface area contributed by atoms with Crippen LogP contribution in [0.1, 0.15) is 32.9 Å². The largest absolute Gasteiger partial charge is 0.393 e. The molecular formula is C15H20N2O. The lowest BCUT2D eigenvalue weighted by atomic mass is 9.83. The van der Waals surface area contributed by atoms with Gasteiger partial charge in [0, 0.05) is 17.3 Å². The van der Waals surface area contributed by atoms with Gasteiger partial charge in [-0.2, -0.15) is 5.10 Å². The minimum atomic E-state index is -0.320. The Labute approximate surface area is 108 Å². The molecule has 0 spiro atoms. The summed E-state index contributed by atoms with van der Waals surface area (Å²) in [5.74, 6) is 0. The topological polar surface area (TPSA) is 38.1 Å². The minimum Gasteiger partial charge on any atom is -0.393 e. The van der Waals surface area contributed by atoms with E-state index in [2.05, 4.69) is 18.9 Å². The molecule has 1 heterocycles. The average molecular weight is 244 g/mol. The molecule has 0 fully saturated rings. The number of aliphatic hydroxyl groups is 1. The van der Waals surface area contributed by atoms with Crippen molar-refractivity contribution in [3.63, 3.8) is 0 Å². The fraction of sp³-hybridized carbons (Fsp3) is 0.400. The normalized spacial score (nSPS) is 13.6. The van der Waals surface area contributed by atoms with Crippen LogP contribution in [0.25, 0.3) is 5.69 Å². The lowest BCUT2D eigenvalue weighted by Gasteiger charge is -2.27. The van der Waals surface area contributed by atoms with Crippen molar-refractivity contribution in [2.45, 2.75) is 38.7 Å². The predicted octanol–water partition coefficient (Wildman–Crippen LogP) is 2.92. The van der Waals surface area contributed by atoms with Crippen molar-refractivity contribution in [2.75, 3.05) is 0 Å². The summed E-state index contributed by atoms with van der Waals surface area (Å²) in [6.07, 6.45) is 2.21. The molecule has 2 aromatic rings. The maximum absolute atomic E-state index is 9.62. The first-order valence-corrected chi connectivity index (χ1v) is 6.29. The van der Waals surface area contributed by atoms with Gasteiger partial charge in [-0.3, -0.25) is 0 Å². The smallest absolute Gasteiger partial charge is 0.0649 e. The molecule has 0 aliphatic rings. The lowest BCUT2D eigenvalue weighted by molar-refractivity contribution is 0.155. The molecular weight excluding hydrogens is 224 g/mol. The van der Waals surface area contributed by atoms with Crippen molar-refractivity contribution in [2.24, 2.45) is 0 Å². The van der Waals surface area contributed by atoms with Crippen LogP contribution in [0.4, 0.5) is 0 Å². The van der Waals surface area contributed by atoms with E-state index in [-0.39, 0.29) is 11.5 Å². The molecule has 0 radical (unpaired) electrons. The van der Waals surface area contributed by atoms with Gasteiger partial charge in [0.25, 0.3) is 0 Å². The second-order valence-corrected chi connectivity index (χ2v) is 5.40. The molecule has 1 N–H and O–H groups in total.